The van der Waals surface area contributed by atoms with E-state index in [4.69, 9.17) is 14.9 Å². The summed E-state index contributed by atoms with van der Waals surface area (Å²) in [4.78, 5) is 9.19. The summed E-state index contributed by atoms with van der Waals surface area (Å²) in [6.45, 7) is 7.94. The first-order valence-corrected chi connectivity index (χ1v) is 8.17. The normalized spacial score (nSPS) is 21.3. The summed E-state index contributed by atoms with van der Waals surface area (Å²) in [5.41, 5.74) is 6.15. The molecule has 1 unspecified atom stereocenters. The van der Waals surface area contributed by atoms with Crippen LogP contribution in [0.2, 0.25) is 0 Å². The van der Waals surface area contributed by atoms with E-state index in [-0.39, 0.29) is 30.0 Å². The van der Waals surface area contributed by atoms with E-state index in [1.807, 2.05) is 13.0 Å². The number of halogens is 1. The smallest absolute Gasteiger partial charge is 0.191 e. The van der Waals surface area contributed by atoms with E-state index >= 15 is 0 Å². The third-order valence-electron chi connectivity index (χ3n) is 4.43. The van der Waals surface area contributed by atoms with Crippen molar-refractivity contribution >= 4 is 29.9 Å². The number of aryl methyl sites for hydroxylation is 1. The minimum absolute atomic E-state index is 0. The topological polar surface area (TPSA) is 67.2 Å². The number of hydrogen-bond donors (Lipinski definition) is 1. The third-order valence-corrected chi connectivity index (χ3v) is 4.43. The van der Waals surface area contributed by atoms with E-state index in [0.717, 1.165) is 50.9 Å². The van der Waals surface area contributed by atoms with Crippen LogP contribution in [-0.4, -0.2) is 61.7 Å². The van der Waals surface area contributed by atoms with Crippen LogP contribution < -0.4 is 5.73 Å². The van der Waals surface area contributed by atoms with E-state index in [1.54, 1.807) is 0 Å². The third kappa shape index (κ3) is 4.84. The molecule has 1 atom stereocenters. The molecule has 23 heavy (non-hydrogen) atoms. The van der Waals surface area contributed by atoms with Gasteiger partial charge in [-0.1, -0.05) is 0 Å². The fraction of sp³-hybridized carbons (Fsp3) is 0.688. The zero-order chi connectivity index (χ0) is 15.4. The Morgan fingerprint density at radius 2 is 1.91 bits per heavy atom. The molecule has 0 aliphatic carbocycles. The van der Waals surface area contributed by atoms with Gasteiger partial charge in [-0.05, 0) is 45.0 Å². The fourth-order valence-electron chi connectivity index (χ4n) is 3.14. The van der Waals surface area contributed by atoms with E-state index in [2.05, 4.69) is 20.9 Å². The van der Waals surface area contributed by atoms with Gasteiger partial charge >= 0.3 is 0 Å². The van der Waals surface area contributed by atoms with E-state index in [1.165, 1.54) is 12.8 Å². The van der Waals surface area contributed by atoms with E-state index < -0.39 is 0 Å². The molecule has 0 amide bonds. The molecule has 3 heterocycles. The molecule has 1 aromatic heterocycles. The Morgan fingerprint density at radius 3 is 2.52 bits per heavy atom. The summed E-state index contributed by atoms with van der Waals surface area (Å²) in [6, 6.07) is 4.28. The molecule has 2 aliphatic heterocycles. The van der Waals surface area contributed by atoms with Crippen LogP contribution >= 0.6 is 24.0 Å². The Kier molecular flexibility index (Phi) is 7.16. The molecule has 0 radical (unpaired) electrons. The molecule has 2 saturated heterocycles. The summed E-state index contributed by atoms with van der Waals surface area (Å²) >= 11 is 0. The Labute approximate surface area is 155 Å². The molecule has 130 valence electrons. The molecule has 2 N–H and O–H groups in total. The van der Waals surface area contributed by atoms with Crippen molar-refractivity contribution in [2.24, 2.45) is 10.7 Å². The molecule has 2 fully saturated rings. The lowest BCUT2D eigenvalue weighted by Crippen LogP contribution is -2.45. The van der Waals surface area contributed by atoms with Crippen molar-refractivity contribution in [3.8, 4) is 0 Å². The van der Waals surface area contributed by atoms with Crippen molar-refractivity contribution in [2.75, 3.05) is 45.9 Å². The lowest BCUT2D eigenvalue weighted by molar-refractivity contribution is 0.0673. The number of morpholine rings is 1. The second kappa shape index (κ2) is 8.89. The second-order valence-electron chi connectivity index (χ2n) is 6.01. The van der Waals surface area contributed by atoms with Gasteiger partial charge < -0.3 is 19.8 Å². The number of ether oxygens (including phenoxy) is 1. The molecule has 3 rings (SSSR count). The van der Waals surface area contributed by atoms with Gasteiger partial charge in [0.15, 0.2) is 5.96 Å². The number of hydrogen-bond acceptors (Lipinski definition) is 4. The van der Waals surface area contributed by atoms with E-state index in [0.29, 0.717) is 12.5 Å². The van der Waals surface area contributed by atoms with Crippen LogP contribution in [-0.2, 0) is 4.74 Å². The van der Waals surface area contributed by atoms with Crippen LogP contribution in [0.1, 0.15) is 30.4 Å². The SMILES string of the molecule is Cc1ccc(C(CN=C(N)N2CCOCC2)N2CCCC2)o1.I. The molecule has 7 heteroatoms. The van der Waals surface area contributed by atoms with Crippen LogP contribution in [0, 0.1) is 6.92 Å². The van der Waals surface area contributed by atoms with Gasteiger partial charge in [0, 0.05) is 13.1 Å². The van der Waals surface area contributed by atoms with Crippen LogP contribution in [0.3, 0.4) is 0 Å². The van der Waals surface area contributed by atoms with Crippen LogP contribution in [0.4, 0.5) is 0 Å². The number of rotatable bonds is 4. The Hall–Kier alpha value is -0.800. The molecular formula is C16H27IN4O2. The first-order chi connectivity index (χ1) is 10.7. The second-order valence-corrected chi connectivity index (χ2v) is 6.01. The number of furan rings is 1. The zero-order valence-electron chi connectivity index (χ0n) is 13.7. The average molecular weight is 434 g/mol. The highest BCUT2D eigenvalue weighted by Crippen LogP contribution is 2.27. The summed E-state index contributed by atoms with van der Waals surface area (Å²) in [6.07, 6.45) is 2.50. The van der Waals surface area contributed by atoms with Crippen molar-refractivity contribution in [3.63, 3.8) is 0 Å². The highest BCUT2D eigenvalue weighted by molar-refractivity contribution is 14.0. The predicted molar refractivity (Wildman–Crippen MR) is 101 cm³/mol. The van der Waals surface area contributed by atoms with Crippen LogP contribution in [0.15, 0.2) is 21.5 Å². The average Bonchev–Trinajstić information content (AvgIpc) is 3.21. The summed E-state index contributed by atoms with van der Waals surface area (Å²) in [5.74, 6) is 2.57. The maximum atomic E-state index is 6.15. The lowest BCUT2D eigenvalue weighted by atomic mass is 10.2. The number of nitrogens with zero attached hydrogens (tertiary/aromatic N) is 3. The van der Waals surface area contributed by atoms with Gasteiger partial charge in [0.1, 0.15) is 11.5 Å². The molecule has 0 saturated carbocycles. The maximum Gasteiger partial charge on any atom is 0.191 e. The van der Waals surface area contributed by atoms with Crippen molar-refractivity contribution in [1.29, 1.82) is 0 Å². The summed E-state index contributed by atoms with van der Waals surface area (Å²) < 4.78 is 11.2. The van der Waals surface area contributed by atoms with Gasteiger partial charge in [-0.3, -0.25) is 9.89 Å². The van der Waals surface area contributed by atoms with Crippen molar-refractivity contribution in [2.45, 2.75) is 25.8 Å². The van der Waals surface area contributed by atoms with Crippen LogP contribution in [0.5, 0.6) is 0 Å². The maximum absolute atomic E-state index is 6.15. The predicted octanol–water partition coefficient (Wildman–Crippen LogP) is 1.99. The van der Waals surface area contributed by atoms with Gasteiger partial charge in [-0.2, -0.15) is 0 Å². The van der Waals surface area contributed by atoms with Gasteiger partial charge in [-0.15, -0.1) is 24.0 Å². The highest BCUT2D eigenvalue weighted by Gasteiger charge is 2.26. The van der Waals surface area contributed by atoms with Gasteiger partial charge in [0.25, 0.3) is 0 Å². The van der Waals surface area contributed by atoms with Gasteiger partial charge in [0.2, 0.25) is 0 Å². The monoisotopic (exact) mass is 434 g/mol. The standard InChI is InChI=1S/C16H26N4O2.HI/c1-13-4-5-15(22-13)14(19-6-2-3-7-19)12-18-16(17)20-8-10-21-11-9-20;/h4-5,14H,2-3,6-12H2,1H3,(H2,17,18);1H. The molecule has 6 nitrogen and oxygen atoms in total. The van der Waals surface area contributed by atoms with Gasteiger partial charge in [0.05, 0.1) is 25.8 Å². The Bertz CT molecular complexity index is 508. The molecule has 1 aromatic rings. The number of aliphatic imine (C=N–C) groups is 1. The quantitative estimate of drug-likeness (QED) is 0.446. The Morgan fingerprint density at radius 1 is 1.22 bits per heavy atom. The number of guanidine groups is 1. The first-order valence-electron chi connectivity index (χ1n) is 8.17. The summed E-state index contributed by atoms with van der Waals surface area (Å²) in [7, 11) is 0. The van der Waals surface area contributed by atoms with Gasteiger partial charge in [-0.25, -0.2) is 0 Å². The molecule has 0 aromatic carbocycles. The van der Waals surface area contributed by atoms with Crippen LogP contribution in [0.25, 0.3) is 0 Å². The molecule has 0 spiro atoms. The fourth-order valence-corrected chi connectivity index (χ4v) is 3.14. The Balaban J connectivity index is 0.00000192. The molecule has 0 bridgehead atoms. The number of nitrogens with two attached hydrogens (primary N) is 1. The van der Waals surface area contributed by atoms with Crippen molar-refractivity contribution in [1.82, 2.24) is 9.80 Å². The highest BCUT2D eigenvalue weighted by atomic mass is 127. The zero-order valence-corrected chi connectivity index (χ0v) is 16.1. The number of likely N-dealkylation sites (tertiary alicyclic amines) is 1. The molecule has 2 aliphatic rings. The molecular weight excluding hydrogens is 407 g/mol. The largest absolute Gasteiger partial charge is 0.465 e. The minimum atomic E-state index is 0. The summed E-state index contributed by atoms with van der Waals surface area (Å²) in [5, 5.41) is 0. The lowest BCUT2D eigenvalue weighted by Gasteiger charge is -2.29. The minimum Gasteiger partial charge on any atom is -0.465 e. The van der Waals surface area contributed by atoms with E-state index in [9.17, 15) is 0 Å². The first kappa shape index (κ1) is 18.5. The van der Waals surface area contributed by atoms with Crippen molar-refractivity contribution < 1.29 is 9.15 Å². The van der Waals surface area contributed by atoms with Crippen molar-refractivity contribution in [3.05, 3.63) is 23.7 Å².